The quantitative estimate of drug-likeness (QED) is 0.164. The van der Waals surface area contributed by atoms with Crippen molar-refractivity contribution in [2.45, 2.75) is 0 Å². The van der Waals surface area contributed by atoms with Gasteiger partial charge in [-0.15, -0.1) is 0 Å². The van der Waals surface area contributed by atoms with E-state index in [9.17, 15) is 19.7 Å². The number of carbonyl (C=O) groups excluding carboxylic acids is 2. The number of nitrogens with zero attached hydrogens (tertiary/aromatic N) is 2. The molecule has 0 fully saturated rings. The Morgan fingerprint density at radius 1 is 1.06 bits per heavy atom. The maximum Gasteiger partial charge on any atom is 0.344 e. The van der Waals surface area contributed by atoms with Gasteiger partial charge in [-0.1, -0.05) is 36.4 Å². The van der Waals surface area contributed by atoms with E-state index in [2.05, 4.69) is 26.5 Å². The molecule has 10 heteroatoms. The van der Waals surface area contributed by atoms with E-state index < -0.39 is 23.4 Å². The number of carbonyl (C=O) groups is 2. The first kappa shape index (κ1) is 22.6. The number of hydrazone groups is 1. The van der Waals surface area contributed by atoms with Gasteiger partial charge in [0.25, 0.3) is 5.91 Å². The standard InChI is InChI=1S/C22H16BrN3O6/c23-18-9-2-1-8-17(18)22(28)32-16-7-5-6-15(12-16)13-24-25-21(27)14-31-20-11-4-3-10-19(20)26(29)30/h1-13H,14H2,(H,25,27)/b24-13+. The number of nitro benzene ring substituents is 1. The summed E-state index contributed by atoms with van der Waals surface area (Å²) in [6.45, 7) is -0.453. The molecule has 0 heterocycles. The van der Waals surface area contributed by atoms with Crippen LogP contribution in [-0.4, -0.2) is 29.6 Å². The zero-order valence-corrected chi connectivity index (χ0v) is 18.0. The molecule has 0 aliphatic rings. The molecule has 9 nitrogen and oxygen atoms in total. The molecule has 32 heavy (non-hydrogen) atoms. The summed E-state index contributed by atoms with van der Waals surface area (Å²) in [6, 6.07) is 19.2. The van der Waals surface area contributed by atoms with E-state index in [-0.39, 0.29) is 11.4 Å². The lowest BCUT2D eigenvalue weighted by molar-refractivity contribution is -0.385. The summed E-state index contributed by atoms with van der Waals surface area (Å²) in [5.74, 6) is -0.833. The lowest BCUT2D eigenvalue weighted by Crippen LogP contribution is -2.24. The zero-order valence-electron chi connectivity index (χ0n) is 16.4. The highest BCUT2D eigenvalue weighted by Gasteiger charge is 2.15. The van der Waals surface area contributed by atoms with Gasteiger partial charge in [-0.05, 0) is 51.8 Å². The third-order valence-corrected chi connectivity index (χ3v) is 4.68. The number of rotatable bonds is 8. The highest BCUT2D eigenvalue weighted by molar-refractivity contribution is 9.10. The average Bonchev–Trinajstić information content (AvgIpc) is 2.78. The Balaban J connectivity index is 1.55. The van der Waals surface area contributed by atoms with E-state index in [1.807, 2.05) is 0 Å². The first-order valence-electron chi connectivity index (χ1n) is 9.19. The van der Waals surface area contributed by atoms with Gasteiger partial charge in [0.2, 0.25) is 0 Å². The van der Waals surface area contributed by atoms with E-state index in [0.29, 0.717) is 21.3 Å². The number of esters is 1. The molecular formula is C22H16BrN3O6. The maximum atomic E-state index is 12.3. The summed E-state index contributed by atoms with van der Waals surface area (Å²) in [5, 5.41) is 14.8. The van der Waals surface area contributed by atoms with Crippen molar-refractivity contribution in [2.24, 2.45) is 5.10 Å². The largest absolute Gasteiger partial charge is 0.477 e. The van der Waals surface area contributed by atoms with Crippen molar-refractivity contribution in [1.29, 1.82) is 0 Å². The fourth-order valence-corrected chi connectivity index (χ4v) is 2.98. The van der Waals surface area contributed by atoms with Crippen molar-refractivity contribution in [3.63, 3.8) is 0 Å². The van der Waals surface area contributed by atoms with Crippen LogP contribution in [0.25, 0.3) is 0 Å². The molecule has 3 rings (SSSR count). The Kier molecular flexibility index (Phi) is 7.65. The van der Waals surface area contributed by atoms with Gasteiger partial charge in [-0.3, -0.25) is 14.9 Å². The smallest absolute Gasteiger partial charge is 0.344 e. The molecule has 1 N–H and O–H groups in total. The van der Waals surface area contributed by atoms with E-state index in [0.717, 1.165) is 0 Å². The second-order valence-corrected chi connectivity index (χ2v) is 7.10. The molecule has 0 saturated heterocycles. The number of nitro groups is 1. The molecule has 0 aromatic heterocycles. The van der Waals surface area contributed by atoms with Gasteiger partial charge in [-0.25, -0.2) is 10.2 Å². The number of hydrogen-bond donors (Lipinski definition) is 1. The number of benzene rings is 3. The summed E-state index contributed by atoms with van der Waals surface area (Å²) in [7, 11) is 0. The van der Waals surface area contributed by atoms with Crippen molar-refractivity contribution in [2.75, 3.05) is 6.61 Å². The second kappa shape index (κ2) is 10.8. The highest BCUT2D eigenvalue weighted by atomic mass is 79.9. The third kappa shape index (κ3) is 6.22. The van der Waals surface area contributed by atoms with E-state index in [1.165, 1.54) is 24.4 Å². The summed E-state index contributed by atoms with van der Waals surface area (Å²) in [4.78, 5) is 34.6. The first-order valence-corrected chi connectivity index (χ1v) is 9.98. The second-order valence-electron chi connectivity index (χ2n) is 6.25. The molecular weight excluding hydrogens is 482 g/mol. The monoisotopic (exact) mass is 497 g/mol. The Bertz CT molecular complexity index is 1180. The van der Waals surface area contributed by atoms with Crippen LogP contribution in [0.4, 0.5) is 5.69 Å². The Labute approximate surface area is 190 Å². The van der Waals surface area contributed by atoms with Crippen molar-refractivity contribution in [1.82, 2.24) is 5.43 Å². The fourth-order valence-electron chi connectivity index (χ4n) is 2.53. The molecule has 0 bridgehead atoms. The summed E-state index contributed by atoms with van der Waals surface area (Å²) in [6.07, 6.45) is 1.36. The maximum absolute atomic E-state index is 12.3. The number of nitrogens with one attached hydrogen (secondary N) is 1. The van der Waals surface area contributed by atoms with Gasteiger partial charge in [-0.2, -0.15) is 5.10 Å². The van der Waals surface area contributed by atoms with Crippen LogP contribution in [0.15, 0.2) is 82.4 Å². The minimum Gasteiger partial charge on any atom is -0.477 e. The number of hydrogen-bond acceptors (Lipinski definition) is 7. The molecule has 3 aromatic rings. The minimum absolute atomic E-state index is 0.0174. The first-order chi connectivity index (χ1) is 15.4. The predicted octanol–water partition coefficient (Wildman–Crippen LogP) is 4.11. The molecule has 1 amide bonds. The van der Waals surface area contributed by atoms with Gasteiger partial charge in [0.05, 0.1) is 16.7 Å². The molecule has 0 aliphatic carbocycles. The van der Waals surface area contributed by atoms with Crippen molar-refractivity contribution >= 4 is 39.7 Å². The predicted molar refractivity (Wildman–Crippen MR) is 120 cm³/mol. The normalized spacial score (nSPS) is 10.5. The van der Waals surface area contributed by atoms with E-state index >= 15 is 0 Å². The topological polar surface area (TPSA) is 120 Å². The molecule has 0 spiro atoms. The highest BCUT2D eigenvalue weighted by Crippen LogP contribution is 2.25. The van der Waals surface area contributed by atoms with E-state index in [1.54, 1.807) is 54.6 Å². The average molecular weight is 498 g/mol. The van der Waals surface area contributed by atoms with Crippen molar-refractivity contribution in [3.05, 3.63) is 98.5 Å². The Morgan fingerprint density at radius 2 is 1.81 bits per heavy atom. The number of para-hydroxylation sites is 2. The van der Waals surface area contributed by atoms with Crippen LogP contribution in [0.5, 0.6) is 11.5 Å². The van der Waals surface area contributed by atoms with Crippen LogP contribution in [0, 0.1) is 10.1 Å². The van der Waals surface area contributed by atoms with Crippen molar-refractivity contribution in [3.8, 4) is 11.5 Å². The van der Waals surface area contributed by atoms with Crippen LogP contribution >= 0.6 is 15.9 Å². The molecule has 0 atom stereocenters. The lowest BCUT2D eigenvalue weighted by atomic mass is 10.2. The molecule has 0 radical (unpaired) electrons. The number of halogens is 1. The van der Waals surface area contributed by atoms with Crippen molar-refractivity contribution < 1.29 is 24.0 Å². The van der Waals surface area contributed by atoms with E-state index in [4.69, 9.17) is 9.47 Å². The molecule has 0 unspecified atom stereocenters. The molecule has 162 valence electrons. The molecule has 0 aliphatic heterocycles. The summed E-state index contributed by atoms with van der Waals surface area (Å²) >= 11 is 3.31. The summed E-state index contributed by atoms with van der Waals surface area (Å²) in [5.41, 5.74) is 2.99. The van der Waals surface area contributed by atoms with Crippen LogP contribution in [0.1, 0.15) is 15.9 Å². The fraction of sp³-hybridized carbons (Fsp3) is 0.0455. The van der Waals surface area contributed by atoms with Gasteiger partial charge in [0.15, 0.2) is 12.4 Å². The molecule has 3 aromatic carbocycles. The van der Waals surface area contributed by atoms with Gasteiger partial charge >= 0.3 is 11.7 Å². The molecule has 0 saturated carbocycles. The summed E-state index contributed by atoms with van der Waals surface area (Å²) < 4.78 is 11.2. The van der Waals surface area contributed by atoms with Crippen LogP contribution in [0.3, 0.4) is 0 Å². The number of ether oxygens (including phenoxy) is 2. The van der Waals surface area contributed by atoms with Gasteiger partial charge < -0.3 is 9.47 Å². The van der Waals surface area contributed by atoms with Crippen LogP contribution < -0.4 is 14.9 Å². The Hall–Kier alpha value is -4.05. The van der Waals surface area contributed by atoms with Crippen LogP contribution in [-0.2, 0) is 4.79 Å². The van der Waals surface area contributed by atoms with Gasteiger partial charge in [0.1, 0.15) is 5.75 Å². The SMILES string of the molecule is O=C(COc1ccccc1[N+](=O)[O-])N/N=C/c1cccc(OC(=O)c2ccccc2Br)c1. The Morgan fingerprint density at radius 3 is 2.59 bits per heavy atom. The van der Waals surface area contributed by atoms with Crippen LogP contribution in [0.2, 0.25) is 0 Å². The third-order valence-electron chi connectivity index (χ3n) is 3.99. The number of amides is 1. The lowest BCUT2D eigenvalue weighted by Gasteiger charge is -2.06. The van der Waals surface area contributed by atoms with Gasteiger partial charge in [0, 0.05) is 10.5 Å². The minimum atomic E-state index is -0.601. The zero-order chi connectivity index (χ0) is 22.9.